The van der Waals surface area contributed by atoms with Crippen molar-refractivity contribution in [3.63, 3.8) is 0 Å². The monoisotopic (exact) mass is 654 g/mol. The van der Waals surface area contributed by atoms with Crippen LogP contribution in [0, 0.1) is 0 Å². The van der Waals surface area contributed by atoms with E-state index in [0.717, 1.165) is 36.9 Å². The number of amides is 1. The molecule has 1 aromatic carbocycles. The minimum atomic E-state index is -4.98. The molecule has 2 aliphatic rings. The average Bonchev–Trinajstić information content (AvgIpc) is 2.97. The van der Waals surface area contributed by atoms with Crippen molar-refractivity contribution in [3.8, 4) is 0 Å². The lowest BCUT2D eigenvalue weighted by Crippen LogP contribution is -2.58. The lowest BCUT2D eigenvalue weighted by atomic mass is 9.94. The second-order valence-corrected chi connectivity index (χ2v) is 12.0. The van der Waals surface area contributed by atoms with Gasteiger partial charge >= 0.3 is 11.9 Å². The van der Waals surface area contributed by atoms with Gasteiger partial charge < -0.3 is 19.3 Å². The summed E-state index contributed by atoms with van der Waals surface area (Å²) in [6.45, 7) is 12.4. The Kier molecular flexibility index (Phi) is 10.6. The zero-order valence-electron chi connectivity index (χ0n) is 25.4. The number of hydrogen-bond donors (Lipinski definition) is 0. The number of aromatic nitrogens is 2. The zero-order chi connectivity index (χ0) is 33.2. The second-order valence-electron chi connectivity index (χ2n) is 10.9. The summed E-state index contributed by atoms with van der Waals surface area (Å²) in [4.78, 5) is 33.9. The van der Waals surface area contributed by atoms with Crippen LogP contribution in [0.4, 0.5) is 27.8 Å². The molecule has 8 nitrogen and oxygen atoms in total. The smallest absolute Gasteiger partial charge is 0.382 e. The maximum absolute atomic E-state index is 14.9. The van der Waals surface area contributed by atoms with Crippen LogP contribution in [0.3, 0.4) is 0 Å². The van der Waals surface area contributed by atoms with Crippen molar-refractivity contribution in [1.29, 1.82) is 0 Å². The number of benzene rings is 1. The van der Waals surface area contributed by atoms with Gasteiger partial charge in [-0.15, -0.1) is 11.8 Å². The van der Waals surface area contributed by atoms with Crippen LogP contribution in [0.1, 0.15) is 37.9 Å². The fourth-order valence-corrected chi connectivity index (χ4v) is 6.95. The molecule has 45 heavy (non-hydrogen) atoms. The fraction of sp³-hybridized carbons (Fsp3) is 0.452. The van der Waals surface area contributed by atoms with Crippen molar-refractivity contribution in [2.75, 3.05) is 50.7 Å². The molecule has 3 atom stereocenters. The normalized spacial score (nSPS) is 21.0. The maximum atomic E-state index is 14.9. The van der Waals surface area contributed by atoms with E-state index in [9.17, 15) is 31.5 Å². The van der Waals surface area contributed by atoms with Gasteiger partial charge in [0.15, 0.2) is 0 Å². The van der Waals surface area contributed by atoms with E-state index in [1.54, 1.807) is 23.6 Å². The van der Waals surface area contributed by atoms with Gasteiger partial charge in [0.2, 0.25) is 5.91 Å². The molecule has 14 heteroatoms. The molecule has 0 saturated carbocycles. The van der Waals surface area contributed by atoms with Crippen LogP contribution in [0.25, 0.3) is 16.5 Å². The van der Waals surface area contributed by atoms with Gasteiger partial charge in [-0.3, -0.25) is 9.36 Å². The van der Waals surface area contributed by atoms with Gasteiger partial charge in [-0.2, -0.15) is 18.2 Å². The minimum Gasteiger partial charge on any atom is -0.382 e. The van der Waals surface area contributed by atoms with Crippen LogP contribution in [-0.2, 0) is 20.4 Å². The first-order valence-electron chi connectivity index (χ1n) is 14.2. The molecule has 1 amide bonds. The van der Waals surface area contributed by atoms with Crippen molar-refractivity contribution in [1.82, 2.24) is 14.5 Å². The fourth-order valence-electron chi connectivity index (χ4n) is 5.64. The number of piperazine rings is 1. The van der Waals surface area contributed by atoms with Crippen LogP contribution in [-0.4, -0.2) is 78.2 Å². The third-order valence-electron chi connectivity index (χ3n) is 7.73. The first-order valence-corrected chi connectivity index (χ1v) is 15.2. The third kappa shape index (κ3) is 7.02. The van der Waals surface area contributed by atoms with Crippen molar-refractivity contribution in [2.45, 2.75) is 50.0 Å². The lowest BCUT2D eigenvalue weighted by Gasteiger charge is -2.45. The third-order valence-corrected chi connectivity index (χ3v) is 8.97. The van der Waals surface area contributed by atoms with Crippen LogP contribution in [0.5, 0.6) is 0 Å². The van der Waals surface area contributed by atoms with Crippen LogP contribution in [0.2, 0.25) is 0 Å². The Morgan fingerprint density at radius 3 is 2.49 bits per heavy atom. The molecule has 0 unspecified atom stereocenters. The molecule has 2 aromatic rings. The summed E-state index contributed by atoms with van der Waals surface area (Å²) in [5.74, 6) is -2.12. The molecule has 3 heterocycles. The first kappa shape index (κ1) is 34.4. The van der Waals surface area contributed by atoms with Gasteiger partial charge in [-0.1, -0.05) is 13.2 Å². The Hall–Kier alpha value is -3.49. The number of anilines is 1. The number of allylic oxidation sites excluding steroid dienone is 5. The van der Waals surface area contributed by atoms with E-state index in [1.807, 2.05) is 0 Å². The minimum absolute atomic E-state index is 0.00940. The Balaban J connectivity index is 2.06. The SMILES string of the molecule is C=CC(=O)N1C[C@H](C)N(c2nc(=O)n3c4c(c(/C(=C/C=C(\C)F)C(=C)F)c(C(F)(F)F)cc24)SC[C@@H]3COCCOC)C[C@H]1C. The zero-order valence-corrected chi connectivity index (χ0v) is 26.2. The molecule has 1 saturated heterocycles. The van der Waals surface area contributed by atoms with Crippen molar-refractivity contribution < 1.29 is 36.2 Å². The summed E-state index contributed by atoms with van der Waals surface area (Å²) in [5.41, 5.74) is -2.89. The Labute approximate surface area is 261 Å². The molecule has 0 bridgehead atoms. The highest BCUT2D eigenvalue weighted by molar-refractivity contribution is 7.99. The van der Waals surface area contributed by atoms with E-state index in [1.165, 1.54) is 17.8 Å². The largest absolute Gasteiger partial charge is 0.417 e. The molecule has 1 fully saturated rings. The summed E-state index contributed by atoms with van der Waals surface area (Å²) in [7, 11) is 1.50. The molecule has 0 aliphatic carbocycles. The highest BCUT2D eigenvalue weighted by atomic mass is 32.2. The molecule has 0 N–H and O–H groups in total. The van der Waals surface area contributed by atoms with E-state index in [-0.39, 0.29) is 65.6 Å². The molecule has 244 valence electrons. The number of nitrogens with zero attached hydrogens (tertiary/aromatic N) is 4. The molecule has 0 spiro atoms. The van der Waals surface area contributed by atoms with E-state index in [2.05, 4.69) is 18.1 Å². The predicted octanol–water partition coefficient (Wildman–Crippen LogP) is 6.08. The Morgan fingerprint density at radius 1 is 1.18 bits per heavy atom. The molecule has 1 aromatic heterocycles. The number of carbonyl (C=O) groups is 1. The van der Waals surface area contributed by atoms with Crippen molar-refractivity contribution in [2.24, 2.45) is 0 Å². The molecule has 0 radical (unpaired) electrons. The second kappa shape index (κ2) is 13.9. The summed E-state index contributed by atoms with van der Waals surface area (Å²) in [6, 6.07) is -0.567. The molecular formula is C31H35F5N4O4S. The van der Waals surface area contributed by atoms with E-state index in [4.69, 9.17) is 9.47 Å². The summed E-state index contributed by atoms with van der Waals surface area (Å²) in [6.07, 6.45) is -2.01. The average molecular weight is 655 g/mol. The molecular weight excluding hydrogens is 619 g/mol. The van der Waals surface area contributed by atoms with Gasteiger partial charge in [0.25, 0.3) is 0 Å². The van der Waals surface area contributed by atoms with Crippen molar-refractivity contribution in [3.05, 3.63) is 70.7 Å². The number of methoxy groups -OCH3 is 1. The predicted molar refractivity (Wildman–Crippen MR) is 165 cm³/mol. The van der Waals surface area contributed by atoms with Gasteiger partial charge in [0.05, 0.1) is 42.8 Å². The number of halogens is 5. The van der Waals surface area contributed by atoms with Gasteiger partial charge in [-0.05, 0) is 45.1 Å². The van der Waals surface area contributed by atoms with Crippen LogP contribution >= 0.6 is 11.8 Å². The highest BCUT2D eigenvalue weighted by Gasteiger charge is 2.41. The maximum Gasteiger partial charge on any atom is 0.417 e. The van der Waals surface area contributed by atoms with Gasteiger partial charge in [0.1, 0.15) is 11.6 Å². The number of alkyl halides is 3. The quantitative estimate of drug-likeness (QED) is 0.133. The van der Waals surface area contributed by atoms with Gasteiger partial charge in [0, 0.05) is 59.5 Å². The first-order chi connectivity index (χ1) is 21.2. The molecule has 2 aliphatic heterocycles. The number of ether oxygens (including phenoxy) is 2. The molecule has 4 rings (SSSR count). The summed E-state index contributed by atoms with van der Waals surface area (Å²) >= 11 is 1.02. The van der Waals surface area contributed by atoms with E-state index >= 15 is 0 Å². The Bertz CT molecular complexity index is 1620. The topological polar surface area (TPSA) is 76.9 Å². The summed E-state index contributed by atoms with van der Waals surface area (Å²) < 4.78 is 85.2. The number of hydrogen-bond acceptors (Lipinski definition) is 7. The number of thioether (sulfide) groups is 1. The highest BCUT2D eigenvalue weighted by Crippen LogP contribution is 2.49. The van der Waals surface area contributed by atoms with E-state index in [0.29, 0.717) is 6.61 Å². The van der Waals surface area contributed by atoms with Gasteiger partial charge in [-0.25, -0.2) is 13.6 Å². The lowest BCUT2D eigenvalue weighted by molar-refractivity contribution is -0.137. The van der Waals surface area contributed by atoms with Crippen LogP contribution < -0.4 is 10.6 Å². The summed E-state index contributed by atoms with van der Waals surface area (Å²) in [5, 5.41) is 0.0262. The van der Waals surface area contributed by atoms with E-state index < -0.39 is 52.3 Å². The van der Waals surface area contributed by atoms with Crippen molar-refractivity contribution >= 4 is 40.0 Å². The Morgan fingerprint density at radius 2 is 1.89 bits per heavy atom. The number of carbonyl (C=O) groups excluding carboxylic acids is 1. The van der Waals surface area contributed by atoms with Crippen LogP contribution in [0.15, 0.2) is 58.8 Å². The standard InChI is InChI=1S/C31H35F5N4O4S/c1-7-25(41)38-13-19(4)39(14-18(38)3)29-23-12-24(31(34,35)36)26(22(20(5)33)9-8-17(2)32)28-27(23)40(30(42)37-29)21(16-45-28)15-44-11-10-43-6/h7-9,12,18-19,21H,1,5,10-11,13-16H2,2-4,6H3/b17-8+,22-9+/t18-,19+,21+/m1/s1. The number of rotatable bonds is 10.